The minimum atomic E-state index is 0.329. The van der Waals surface area contributed by atoms with E-state index in [0.717, 1.165) is 30.2 Å². The summed E-state index contributed by atoms with van der Waals surface area (Å²) >= 11 is 6.46. The molecule has 2 aromatic heterocycles. The lowest BCUT2D eigenvalue weighted by molar-refractivity contribution is 0.301. The molecule has 0 spiro atoms. The Labute approximate surface area is 233 Å². The number of ether oxygens (including phenoxy) is 2. The average molecular weight is 549 g/mol. The van der Waals surface area contributed by atoms with E-state index in [0.29, 0.717) is 46.3 Å². The summed E-state index contributed by atoms with van der Waals surface area (Å²) in [6.45, 7) is 2.05. The van der Waals surface area contributed by atoms with Crippen LogP contribution in [0.3, 0.4) is 0 Å². The van der Waals surface area contributed by atoms with Gasteiger partial charge in [0.25, 0.3) is 0 Å². The molecule has 204 valence electrons. The van der Waals surface area contributed by atoms with Crippen LogP contribution >= 0.6 is 11.6 Å². The number of benzene rings is 2. The van der Waals surface area contributed by atoms with Gasteiger partial charge in [-0.2, -0.15) is 4.98 Å². The first-order chi connectivity index (χ1) is 18.8. The predicted octanol–water partition coefficient (Wildman–Crippen LogP) is 5.18. The predicted molar refractivity (Wildman–Crippen MR) is 158 cm³/mol. The highest BCUT2D eigenvalue weighted by atomic mass is 35.5. The molecule has 4 rings (SSSR count). The van der Waals surface area contributed by atoms with Crippen molar-refractivity contribution in [1.82, 2.24) is 19.9 Å². The second kappa shape index (κ2) is 13.0. The highest BCUT2D eigenvalue weighted by Gasteiger charge is 2.14. The first-order valence-corrected chi connectivity index (χ1v) is 12.7. The molecule has 0 unspecified atom stereocenters. The van der Waals surface area contributed by atoms with Gasteiger partial charge in [0.2, 0.25) is 5.95 Å². The molecule has 0 aliphatic carbocycles. The van der Waals surface area contributed by atoms with Crippen LogP contribution in [-0.4, -0.2) is 61.2 Å². The van der Waals surface area contributed by atoms with Crippen molar-refractivity contribution in [1.29, 1.82) is 0 Å². The summed E-state index contributed by atoms with van der Waals surface area (Å²) < 4.78 is 11.4. The molecule has 0 atom stereocenters. The number of methoxy groups -OCH3 is 1. The monoisotopic (exact) mass is 548 g/mol. The number of hydrogen-bond donors (Lipinski definition) is 3. The van der Waals surface area contributed by atoms with Gasteiger partial charge in [0, 0.05) is 44.3 Å². The van der Waals surface area contributed by atoms with Gasteiger partial charge in [-0.1, -0.05) is 17.7 Å². The maximum absolute atomic E-state index is 6.46. The maximum atomic E-state index is 6.46. The number of nitrogens with two attached hydrogens (primary N) is 1. The van der Waals surface area contributed by atoms with Gasteiger partial charge in [0.15, 0.2) is 0 Å². The van der Waals surface area contributed by atoms with Crippen molar-refractivity contribution in [3.8, 4) is 11.5 Å². The summed E-state index contributed by atoms with van der Waals surface area (Å²) in [6, 6.07) is 16.6. The van der Waals surface area contributed by atoms with Gasteiger partial charge in [-0.3, -0.25) is 4.98 Å². The molecule has 11 heteroatoms. The highest BCUT2D eigenvalue weighted by Crippen LogP contribution is 2.36. The third-order valence-electron chi connectivity index (χ3n) is 5.85. The molecule has 0 fully saturated rings. The fourth-order valence-electron chi connectivity index (χ4n) is 3.74. The minimum Gasteiger partial charge on any atom is -0.494 e. The number of nitrogens with one attached hydrogen (secondary N) is 2. The Morgan fingerprint density at radius 2 is 1.77 bits per heavy atom. The molecule has 0 amide bonds. The fourth-order valence-corrected chi connectivity index (χ4v) is 3.98. The van der Waals surface area contributed by atoms with Crippen molar-refractivity contribution in [2.45, 2.75) is 6.61 Å². The Bertz CT molecular complexity index is 1390. The van der Waals surface area contributed by atoms with Crippen molar-refractivity contribution < 1.29 is 9.47 Å². The molecule has 0 saturated carbocycles. The Balaban J connectivity index is 1.44. The molecule has 0 aliphatic rings. The summed E-state index contributed by atoms with van der Waals surface area (Å²) in [5.74, 6) is 2.16. The van der Waals surface area contributed by atoms with Crippen LogP contribution in [0.25, 0.3) is 0 Å². The van der Waals surface area contributed by atoms with Gasteiger partial charge < -0.3 is 35.6 Å². The van der Waals surface area contributed by atoms with E-state index < -0.39 is 0 Å². The number of aromatic nitrogens is 3. The first kappa shape index (κ1) is 27.7. The van der Waals surface area contributed by atoms with E-state index in [9.17, 15) is 0 Å². The van der Waals surface area contributed by atoms with Crippen LogP contribution in [0.2, 0.25) is 5.02 Å². The van der Waals surface area contributed by atoms with E-state index in [1.165, 1.54) is 0 Å². The molecule has 0 aliphatic heterocycles. The molecule has 39 heavy (non-hydrogen) atoms. The SMILES string of the molecule is COc1cc(N(C)CCN(C)C)c(N)cc1Nc1nccc(Nc2ccc(OCc3ccccn3)c(Cl)c2)n1. The van der Waals surface area contributed by atoms with E-state index in [-0.39, 0.29) is 0 Å². The van der Waals surface area contributed by atoms with Crippen LogP contribution < -0.4 is 30.7 Å². The van der Waals surface area contributed by atoms with Gasteiger partial charge in [-0.15, -0.1) is 0 Å². The van der Waals surface area contributed by atoms with Crippen molar-refractivity contribution in [3.63, 3.8) is 0 Å². The Morgan fingerprint density at radius 3 is 2.49 bits per heavy atom. The average Bonchev–Trinajstić information content (AvgIpc) is 2.92. The number of anilines is 6. The van der Waals surface area contributed by atoms with Crippen molar-refractivity contribution in [2.24, 2.45) is 0 Å². The number of pyridine rings is 1. The Kier molecular flexibility index (Phi) is 9.24. The number of nitrogens with zero attached hydrogens (tertiary/aromatic N) is 5. The maximum Gasteiger partial charge on any atom is 0.229 e. The smallest absolute Gasteiger partial charge is 0.229 e. The zero-order chi connectivity index (χ0) is 27.8. The molecular formula is C28H33ClN8O2. The summed E-state index contributed by atoms with van der Waals surface area (Å²) in [6.07, 6.45) is 3.38. The van der Waals surface area contributed by atoms with Crippen LogP contribution in [0.4, 0.5) is 34.5 Å². The largest absolute Gasteiger partial charge is 0.494 e. The van der Waals surface area contributed by atoms with Crippen molar-refractivity contribution in [3.05, 3.63) is 77.7 Å². The van der Waals surface area contributed by atoms with Crippen LogP contribution in [0.1, 0.15) is 5.69 Å². The molecule has 0 radical (unpaired) electrons. The highest BCUT2D eigenvalue weighted by molar-refractivity contribution is 6.32. The van der Waals surface area contributed by atoms with Crippen LogP contribution in [0, 0.1) is 0 Å². The summed E-state index contributed by atoms with van der Waals surface area (Å²) in [5, 5.41) is 6.93. The number of hydrogen-bond acceptors (Lipinski definition) is 10. The van der Waals surface area contributed by atoms with Crippen molar-refractivity contribution >= 4 is 46.1 Å². The lowest BCUT2D eigenvalue weighted by Gasteiger charge is -2.24. The normalized spacial score (nSPS) is 10.8. The third kappa shape index (κ3) is 7.62. The molecule has 0 saturated heterocycles. The van der Waals surface area contributed by atoms with Crippen LogP contribution in [0.5, 0.6) is 11.5 Å². The van der Waals surface area contributed by atoms with Gasteiger partial charge in [0.1, 0.15) is 23.9 Å². The second-order valence-corrected chi connectivity index (χ2v) is 9.51. The van der Waals surface area contributed by atoms with Gasteiger partial charge in [0.05, 0.1) is 34.9 Å². The number of nitrogen functional groups attached to an aromatic ring is 1. The fraction of sp³-hybridized carbons (Fsp3) is 0.250. The van der Waals surface area contributed by atoms with E-state index in [1.807, 2.05) is 57.5 Å². The van der Waals surface area contributed by atoms with Gasteiger partial charge >= 0.3 is 0 Å². The zero-order valence-electron chi connectivity index (χ0n) is 22.5. The van der Waals surface area contributed by atoms with E-state index in [4.69, 9.17) is 26.8 Å². The molecule has 4 N–H and O–H groups in total. The van der Waals surface area contributed by atoms with E-state index in [2.05, 4.69) is 35.4 Å². The van der Waals surface area contributed by atoms with Crippen LogP contribution in [-0.2, 0) is 6.61 Å². The number of halogens is 1. The molecule has 10 nitrogen and oxygen atoms in total. The summed E-state index contributed by atoms with van der Waals surface area (Å²) in [4.78, 5) is 17.4. The summed E-state index contributed by atoms with van der Waals surface area (Å²) in [5.41, 5.74) is 10.1. The minimum absolute atomic E-state index is 0.329. The first-order valence-electron chi connectivity index (χ1n) is 12.3. The topological polar surface area (TPSA) is 114 Å². The molecular weight excluding hydrogens is 516 g/mol. The zero-order valence-corrected chi connectivity index (χ0v) is 23.2. The quantitative estimate of drug-likeness (QED) is 0.205. The molecule has 2 heterocycles. The van der Waals surface area contributed by atoms with E-state index >= 15 is 0 Å². The third-order valence-corrected chi connectivity index (χ3v) is 6.15. The van der Waals surface area contributed by atoms with Crippen molar-refractivity contribution in [2.75, 3.05) is 62.6 Å². The van der Waals surface area contributed by atoms with Gasteiger partial charge in [-0.25, -0.2) is 4.98 Å². The summed E-state index contributed by atoms with van der Waals surface area (Å²) in [7, 11) is 7.70. The van der Waals surface area contributed by atoms with E-state index in [1.54, 1.807) is 37.7 Å². The van der Waals surface area contributed by atoms with Gasteiger partial charge in [-0.05, 0) is 56.6 Å². The Hall–Kier alpha value is -4.28. The lowest BCUT2D eigenvalue weighted by atomic mass is 10.2. The van der Waals surface area contributed by atoms with Crippen LogP contribution in [0.15, 0.2) is 67.0 Å². The molecule has 0 bridgehead atoms. The molecule has 4 aromatic rings. The number of likely N-dealkylation sites (N-methyl/N-ethyl adjacent to an activating group) is 2. The number of rotatable bonds is 12. The Morgan fingerprint density at radius 1 is 0.923 bits per heavy atom. The standard InChI is InChI=1S/C28H33ClN8O2/c1-36(2)13-14-37(3)24-17-26(38-4)23(16-22(24)30)34-28-32-12-10-27(35-28)33-19-8-9-25(21(29)15-19)39-18-20-7-5-6-11-31-20/h5-12,15-17H,13-14,18,30H2,1-4H3,(H2,32,33,34,35). The second-order valence-electron chi connectivity index (χ2n) is 9.11. The lowest BCUT2D eigenvalue weighted by Crippen LogP contribution is -2.29. The molecule has 2 aromatic carbocycles.